The van der Waals surface area contributed by atoms with Crippen molar-refractivity contribution in [2.45, 2.75) is 37.8 Å². The number of fused-ring (bicyclic) bond motifs is 1. The maximum atomic E-state index is 12.6. The third-order valence-electron chi connectivity index (χ3n) is 5.05. The number of carbonyl (C=O) groups is 2. The second-order valence-electron chi connectivity index (χ2n) is 7.26. The molecule has 0 radical (unpaired) electrons. The third kappa shape index (κ3) is 5.62. The van der Waals surface area contributed by atoms with Gasteiger partial charge in [-0.3, -0.25) is 9.59 Å². The maximum Gasteiger partial charge on any atom is 0.310 e. The fraction of sp³-hybridized carbons (Fsp3) is 0.476. The zero-order chi connectivity index (χ0) is 21.6. The Labute approximate surface area is 188 Å². The highest BCUT2D eigenvalue weighted by Gasteiger charge is 2.29. The van der Waals surface area contributed by atoms with E-state index >= 15 is 0 Å². The second-order valence-corrected chi connectivity index (χ2v) is 9.30. The van der Waals surface area contributed by atoms with Crippen LogP contribution in [0.3, 0.4) is 0 Å². The number of para-hydroxylation sites is 1. The molecule has 1 fully saturated rings. The summed E-state index contributed by atoms with van der Waals surface area (Å²) < 4.78 is 11.9. The molecule has 31 heavy (non-hydrogen) atoms. The number of ether oxygens (including phenoxy) is 1. The summed E-state index contributed by atoms with van der Waals surface area (Å²) >= 11 is 2.90. The van der Waals surface area contributed by atoms with E-state index in [2.05, 4.69) is 21.2 Å². The number of thioether (sulfide) groups is 1. The molecule has 164 valence electrons. The molecule has 3 aromatic rings. The van der Waals surface area contributed by atoms with Crippen LogP contribution in [0.2, 0.25) is 0 Å². The molecule has 0 aliphatic carbocycles. The van der Waals surface area contributed by atoms with Crippen LogP contribution in [0.15, 0.2) is 33.9 Å². The molecular weight excluding hydrogens is 436 g/mol. The molecule has 8 nitrogen and oxygen atoms in total. The zero-order valence-corrected chi connectivity index (χ0v) is 18.9. The van der Waals surface area contributed by atoms with Crippen molar-refractivity contribution >= 4 is 45.2 Å². The molecule has 0 spiro atoms. The van der Waals surface area contributed by atoms with E-state index < -0.39 is 0 Å². The van der Waals surface area contributed by atoms with Crippen molar-refractivity contribution in [3.8, 4) is 0 Å². The Morgan fingerprint density at radius 3 is 3.00 bits per heavy atom. The summed E-state index contributed by atoms with van der Waals surface area (Å²) in [6.07, 6.45) is 2.90. The topological polar surface area (TPSA) is 98.4 Å². The molecule has 1 aliphatic heterocycles. The Bertz CT molecular complexity index is 1020. The monoisotopic (exact) mass is 460 g/mol. The molecule has 1 aromatic carbocycles. The van der Waals surface area contributed by atoms with Crippen molar-refractivity contribution in [2.24, 2.45) is 5.92 Å². The minimum absolute atomic E-state index is 0.0341. The predicted molar refractivity (Wildman–Crippen MR) is 118 cm³/mol. The highest BCUT2D eigenvalue weighted by Crippen LogP contribution is 2.24. The normalized spacial score (nSPS) is 16.5. The largest absolute Gasteiger partial charge is 0.466 e. The summed E-state index contributed by atoms with van der Waals surface area (Å²) in [5.41, 5.74) is 1.01. The average Bonchev–Trinajstić information content (AvgIpc) is 3.42. The van der Waals surface area contributed by atoms with E-state index in [0.717, 1.165) is 29.8 Å². The first-order chi connectivity index (χ1) is 15.1. The number of hydrogen-bond acceptors (Lipinski definition) is 9. The number of rotatable bonds is 8. The van der Waals surface area contributed by atoms with Gasteiger partial charge in [0.05, 0.1) is 33.5 Å². The summed E-state index contributed by atoms with van der Waals surface area (Å²) in [5.74, 6) is 0.250. The lowest BCUT2D eigenvalue weighted by atomic mass is 9.98. The van der Waals surface area contributed by atoms with E-state index in [1.54, 1.807) is 23.2 Å². The van der Waals surface area contributed by atoms with Gasteiger partial charge in [0.1, 0.15) is 0 Å². The number of benzene rings is 1. The van der Waals surface area contributed by atoms with Crippen molar-refractivity contribution in [1.29, 1.82) is 0 Å². The summed E-state index contributed by atoms with van der Waals surface area (Å²) in [5, 5.41) is 9.54. The number of amides is 1. The summed E-state index contributed by atoms with van der Waals surface area (Å²) in [6, 6.07) is 8.06. The molecule has 1 saturated heterocycles. The molecular formula is C21H24N4O4S2. The van der Waals surface area contributed by atoms with E-state index in [9.17, 15) is 9.59 Å². The van der Waals surface area contributed by atoms with Crippen molar-refractivity contribution in [1.82, 2.24) is 20.1 Å². The molecule has 1 aliphatic rings. The predicted octanol–water partition coefficient (Wildman–Crippen LogP) is 3.36. The Hall–Kier alpha value is -2.46. The Kier molecular flexibility index (Phi) is 7.18. The van der Waals surface area contributed by atoms with Crippen LogP contribution >= 0.6 is 23.1 Å². The van der Waals surface area contributed by atoms with Gasteiger partial charge in [0.2, 0.25) is 11.8 Å². The molecule has 2 aromatic heterocycles. The fourth-order valence-corrected chi connectivity index (χ4v) is 5.16. The molecule has 0 bridgehead atoms. The van der Waals surface area contributed by atoms with Gasteiger partial charge in [-0.05, 0) is 31.9 Å². The van der Waals surface area contributed by atoms with Crippen LogP contribution in [-0.4, -0.2) is 57.4 Å². The van der Waals surface area contributed by atoms with Gasteiger partial charge in [-0.2, -0.15) is 0 Å². The van der Waals surface area contributed by atoms with Gasteiger partial charge in [0.15, 0.2) is 0 Å². The molecule has 3 heterocycles. The van der Waals surface area contributed by atoms with Gasteiger partial charge in [-0.1, -0.05) is 23.9 Å². The second kappa shape index (κ2) is 10.2. The van der Waals surface area contributed by atoms with Gasteiger partial charge in [0, 0.05) is 25.9 Å². The number of carbonyl (C=O) groups excluding carboxylic acids is 2. The molecule has 0 saturated carbocycles. The first kappa shape index (κ1) is 21.8. The van der Waals surface area contributed by atoms with Gasteiger partial charge in [-0.25, -0.2) is 4.98 Å². The average molecular weight is 461 g/mol. The number of esters is 1. The molecule has 1 atom stereocenters. The van der Waals surface area contributed by atoms with E-state index in [1.807, 2.05) is 18.2 Å². The van der Waals surface area contributed by atoms with E-state index in [4.69, 9.17) is 9.15 Å². The van der Waals surface area contributed by atoms with Gasteiger partial charge in [0.25, 0.3) is 5.22 Å². The van der Waals surface area contributed by atoms with Crippen LogP contribution in [0.4, 0.5) is 0 Å². The Morgan fingerprint density at radius 2 is 2.16 bits per heavy atom. The van der Waals surface area contributed by atoms with Crippen LogP contribution in [0, 0.1) is 5.92 Å². The van der Waals surface area contributed by atoms with Crippen LogP contribution in [0.5, 0.6) is 0 Å². The van der Waals surface area contributed by atoms with Crippen LogP contribution < -0.4 is 0 Å². The number of likely N-dealkylation sites (tertiary alicyclic amines) is 1. The minimum Gasteiger partial charge on any atom is -0.466 e. The lowest BCUT2D eigenvalue weighted by molar-refractivity contribution is -0.151. The number of piperidine rings is 1. The Balaban J connectivity index is 1.25. The van der Waals surface area contributed by atoms with Crippen LogP contribution in [0.1, 0.15) is 30.7 Å². The Morgan fingerprint density at radius 1 is 1.29 bits per heavy atom. The smallest absolute Gasteiger partial charge is 0.310 e. The highest BCUT2D eigenvalue weighted by molar-refractivity contribution is 7.99. The standard InChI is InChI=1S/C21H24N4O4S2/c1-2-28-20(27)14-6-5-11-25(12-14)19(26)13-30-21-24-23-17(29-21)9-10-18-22-15-7-3-4-8-16(15)31-18/h3-4,7-8,14H,2,5-6,9-13H2,1H3/t14-/m0/s1. The van der Waals surface area contributed by atoms with E-state index in [-0.39, 0.29) is 23.5 Å². The molecule has 4 rings (SSSR count). The highest BCUT2D eigenvalue weighted by atomic mass is 32.2. The van der Waals surface area contributed by atoms with E-state index in [0.29, 0.717) is 37.2 Å². The van der Waals surface area contributed by atoms with Crippen molar-refractivity contribution in [2.75, 3.05) is 25.4 Å². The number of aromatic nitrogens is 3. The lowest BCUT2D eigenvalue weighted by Crippen LogP contribution is -2.43. The van der Waals surface area contributed by atoms with Crippen molar-refractivity contribution < 1.29 is 18.7 Å². The third-order valence-corrected chi connectivity index (χ3v) is 6.95. The van der Waals surface area contributed by atoms with Crippen molar-refractivity contribution in [3.05, 3.63) is 35.2 Å². The molecule has 0 unspecified atom stereocenters. The summed E-state index contributed by atoms with van der Waals surface area (Å²) in [6.45, 7) is 3.22. The molecule has 10 heteroatoms. The van der Waals surface area contributed by atoms with Crippen LogP contribution in [0.25, 0.3) is 10.2 Å². The summed E-state index contributed by atoms with van der Waals surface area (Å²) in [7, 11) is 0. The quantitative estimate of drug-likeness (QED) is 0.373. The molecule has 0 N–H and O–H groups in total. The lowest BCUT2D eigenvalue weighted by Gasteiger charge is -2.31. The SMILES string of the molecule is CCOC(=O)[C@H]1CCCN(C(=O)CSc2nnc(CCc3nc4ccccc4s3)o2)C1. The number of hydrogen-bond donors (Lipinski definition) is 0. The fourth-order valence-electron chi connectivity index (χ4n) is 3.51. The van der Waals surface area contributed by atoms with Gasteiger partial charge < -0.3 is 14.1 Å². The number of nitrogens with zero attached hydrogens (tertiary/aromatic N) is 4. The van der Waals surface area contributed by atoms with Gasteiger partial charge >= 0.3 is 5.97 Å². The first-order valence-corrected chi connectivity index (χ1v) is 12.2. The summed E-state index contributed by atoms with van der Waals surface area (Å²) in [4.78, 5) is 30.9. The van der Waals surface area contributed by atoms with Crippen molar-refractivity contribution in [3.63, 3.8) is 0 Å². The number of thiazole rings is 1. The van der Waals surface area contributed by atoms with E-state index in [1.165, 1.54) is 16.5 Å². The first-order valence-electron chi connectivity index (χ1n) is 10.4. The minimum atomic E-state index is -0.236. The van der Waals surface area contributed by atoms with Crippen LogP contribution in [-0.2, 0) is 27.2 Å². The number of aryl methyl sites for hydroxylation is 2. The maximum absolute atomic E-state index is 12.6. The van der Waals surface area contributed by atoms with Gasteiger partial charge in [-0.15, -0.1) is 21.5 Å². The molecule has 1 amide bonds. The zero-order valence-electron chi connectivity index (χ0n) is 17.3.